The first-order valence-corrected chi connectivity index (χ1v) is 16.1. The number of unbranched alkanes of at least 4 members (excludes halogenated alkanes) is 1. The molecule has 1 fully saturated rings. The maximum absolute atomic E-state index is 5.87. The van der Waals surface area contributed by atoms with E-state index in [-0.39, 0.29) is 6.10 Å². The maximum Gasteiger partial charge on any atom is 0.161 e. The van der Waals surface area contributed by atoms with Crippen LogP contribution in [0.3, 0.4) is 0 Å². The van der Waals surface area contributed by atoms with Crippen LogP contribution >= 0.6 is 0 Å². The second-order valence-corrected chi connectivity index (χ2v) is 11.3. The Labute approximate surface area is 267 Å². The molecule has 4 aromatic carbocycles. The van der Waals surface area contributed by atoms with E-state index in [1.165, 1.54) is 22.3 Å². The first kappa shape index (κ1) is 32.0. The monoisotopic (exact) mass is 604 g/mol. The van der Waals surface area contributed by atoms with Crippen LogP contribution in [0.15, 0.2) is 88.8 Å². The number of aryl methyl sites for hydroxylation is 2. The number of nitrogens with zero attached hydrogens (tertiary/aromatic N) is 2. The fourth-order valence-electron chi connectivity index (χ4n) is 5.09. The van der Waals surface area contributed by atoms with Crippen molar-refractivity contribution < 1.29 is 18.9 Å². The summed E-state index contributed by atoms with van der Waals surface area (Å²) < 4.78 is 22.5. The predicted molar refractivity (Wildman–Crippen MR) is 184 cm³/mol. The van der Waals surface area contributed by atoms with E-state index in [1.54, 1.807) is 7.11 Å². The molecule has 4 aromatic rings. The Morgan fingerprint density at radius 1 is 0.756 bits per heavy atom. The van der Waals surface area contributed by atoms with Crippen LogP contribution in [0.2, 0.25) is 0 Å². The highest BCUT2D eigenvalue weighted by atomic mass is 16.6. The molecular formula is C39H44N2O4. The van der Waals surface area contributed by atoms with E-state index >= 15 is 0 Å². The van der Waals surface area contributed by atoms with Gasteiger partial charge in [-0.2, -0.15) is 0 Å². The van der Waals surface area contributed by atoms with Gasteiger partial charge in [0, 0.05) is 12.4 Å². The van der Waals surface area contributed by atoms with E-state index < -0.39 is 0 Å². The molecule has 0 amide bonds. The molecule has 45 heavy (non-hydrogen) atoms. The second-order valence-electron chi connectivity index (χ2n) is 11.3. The van der Waals surface area contributed by atoms with Gasteiger partial charge in [-0.05, 0) is 102 Å². The molecule has 6 nitrogen and oxygen atoms in total. The summed E-state index contributed by atoms with van der Waals surface area (Å²) in [6.07, 6.45) is 8.83. The molecule has 6 heteroatoms. The van der Waals surface area contributed by atoms with Crippen LogP contribution < -0.4 is 14.2 Å². The number of aliphatic imine (C=N–C) groups is 2. The Hall–Kier alpha value is -4.42. The van der Waals surface area contributed by atoms with Crippen molar-refractivity contribution in [3.05, 3.63) is 112 Å². The van der Waals surface area contributed by atoms with Crippen LogP contribution in [0.4, 0.5) is 11.4 Å². The minimum atomic E-state index is 0.238. The largest absolute Gasteiger partial charge is 0.493 e. The van der Waals surface area contributed by atoms with E-state index in [0.717, 1.165) is 78.5 Å². The summed E-state index contributed by atoms with van der Waals surface area (Å²) in [6.45, 7) is 8.58. The van der Waals surface area contributed by atoms with Crippen molar-refractivity contribution in [1.82, 2.24) is 0 Å². The van der Waals surface area contributed by atoms with Gasteiger partial charge in [-0.15, -0.1) is 0 Å². The van der Waals surface area contributed by atoms with Gasteiger partial charge >= 0.3 is 0 Å². The van der Waals surface area contributed by atoms with Gasteiger partial charge in [0.1, 0.15) is 18.5 Å². The van der Waals surface area contributed by atoms with Gasteiger partial charge < -0.3 is 18.9 Å². The first-order valence-electron chi connectivity index (χ1n) is 16.1. The Balaban J connectivity index is 1.24. The third-order valence-corrected chi connectivity index (χ3v) is 7.80. The number of ether oxygens (including phenoxy) is 4. The van der Waals surface area contributed by atoms with Crippen molar-refractivity contribution in [3.8, 4) is 17.2 Å². The zero-order valence-corrected chi connectivity index (χ0v) is 26.9. The predicted octanol–water partition coefficient (Wildman–Crippen LogP) is 8.87. The number of methoxy groups -OCH3 is 1. The molecule has 0 saturated carbocycles. The van der Waals surface area contributed by atoms with Crippen LogP contribution in [0, 0.1) is 0 Å². The molecule has 5 rings (SSSR count). The van der Waals surface area contributed by atoms with Crippen LogP contribution in [0.25, 0.3) is 0 Å². The van der Waals surface area contributed by atoms with E-state index in [0.29, 0.717) is 13.2 Å². The molecule has 0 spiro atoms. The summed E-state index contributed by atoms with van der Waals surface area (Å²) in [4.78, 5) is 9.66. The van der Waals surface area contributed by atoms with Crippen LogP contribution in [-0.4, -0.2) is 45.5 Å². The van der Waals surface area contributed by atoms with Gasteiger partial charge in [0.25, 0.3) is 0 Å². The van der Waals surface area contributed by atoms with Gasteiger partial charge in [-0.3, -0.25) is 9.98 Å². The van der Waals surface area contributed by atoms with Gasteiger partial charge in [0.2, 0.25) is 0 Å². The fraction of sp³-hybridized carbons (Fsp3) is 0.333. The van der Waals surface area contributed by atoms with Crippen LogP contribution in [0.5, 0.6) is 17.2 Å². The van der Waals surface area contributed by atoms with Gasteiger partial charge in [0.05, 0.1) is 31.7 Å². The molecule has 0 aromatic heterocycles. The van der Waals surface area contributed by atoms with Gasteiger partial charge in [-0.1, -0.05) is 63.6 Å². The summed E-state index contributed by atoms with van der Waals surface area (Å²) in [5.41, 5.74) is 8.97. The lowest BCUT2D eigenvalue weighted by Gasteiger charge is -2.11. The van der Waals surface area contributed by atoms with Crippen molar-refractivity contribution in [2.75, 3.05) is 26.9 Å². The molecule has 0 bridgehead atoms. The molecule has 0 aliphatic carbocycles. The van der Waals surface area contributed by atoms with E-state index in [4.69, 9.17) is 28.9 Å². The number of hydrogen-bond donors (Lipinski definition) is 0. The normalized spacial score (nSPS) is 14.3. The molecular weight excluding hydrogens is 560 g/mol. The molecule has 1 unspecified atom stereocenters. The number of epoxide rings is 1. The molecule has 1 saturated heterocycles. The Kier molecular flexibility index (Phi) is 11.4. The third kappa shape index (κ3) is 9.29. The number of rotatable bonds is 16. The average Bonchev–Trinajstić information content (AvgIpc) is 3.91. The van der Waals surface area contributed by atoms with E-state index in [9.17, 15) is 0 Å². The summed E-state index contributed by atoms with van der Waals surface area (Å²) in [6, 6.07) is 27.1. The zero-order valence-electron chi connectivity index (χ0n) is 26.9. The maximum atomic E-state index is 5.87. The highest BCUT2D eigenvalue weighted by Crippen LogP contribution is 2.29. The van der Waals surface area contributed by atoms with Gasteiger partial charge in [-0.25, -0.2) is 0 Å². The smallest absolute Gasteiger partial charge is 0.161 e. The number of hydrogen-bond acceptors (Lipinski definition) is 6. The standard InChI is InChI=1S/C39H44N2O4/c1-5-8-18-43-38-17-14-31(23-39(38)42-4)25-41-37-16-13-29(21-33(37)7-3)19-28-12-15-36(32(6-2)20-28)40-24-30-10-9-11-34(22-30)44-26-35-27-45-35/h9-17,20-25,35H,5-8,18-19,26-27H2,1-4H3. The van der Waals surface area contributed by atoms with Crippen molar-refractivity contribution in [2.45, 2.75) is 59.0 Å². The lowest BCUT2D eigenvalue weighted by molar-refractivity contribution is 0.263. The summed E-state index contributed by atoms with van der Waals surface area (Å²) in [5.74, 6) is 2.33. The molecule has 0 N–H and O–H groups in total. The Morgan fingerprint density at radius 3 is 2.02 bits per heavy atom. The SMILES string of the molecule is CCCCOc1ccc(C=Nc2ccc(Cc3ccc(N=Cc4cccc(OCC5CO5)c4)c(CC)c3)cc2CC)cc1OC. The highest BCUT2D eigenvalue weighted by Gasteiger charge is 2.23. The molecule has 1 atom stereocenters. The lowest BCUT2D eigenvalue weighted by atomic mass is 9.98. The lowest BCUT2D eigenvalue weighted by Crippen LogP contribution is -2.04. The summed E-state index contributed by atoms with van der Waals surface area (Å²) in [7, 11) is 1.67. The minimum absolute atomic E-state index is 0.238. The fourth-order valence-corrected chi connectivity index (χ4v) is 5.09. The summed E-state index contributed by atoms with van der Waals surface area (Å²) >= 11 is 0. The molecule has 1 aliphatic rings. The van der Waals surface area contributed by atoms with Crippen LogP contribution in [0.1, 0.15) is 67.0 Å². The molecule has 1 aliphatic heterocycles. The number of benzene rings is 4. The summed E-state index contributed by atoms with van der Waals surface area (Å²) in [5, 5.41) is 0. The Bertz CT molecular complexity index is 1620. The quantitative estimate of drug-likeness (QED) is 0.0728. The minimum Gasteiger partial charge on any atom is -0.493 e. The zero-order chi connectivity index (χ0) is 31.4. The first-order chi connectivity index (χ1) is 22.1. The van der Waals surface area contributed by atoms with E-state index in [2.05, 4.69) is 57.2 Å². The molecule has 0 radical (unpaired) electrons. The second kappa shape index (κ2) is 16.1. The van der Waals surface area contributed by atoms with E-state index in [1.807, 2.05) is 54.9 Å². The van der Waals surface area contributed by atoms with Crippen molar-refractivity contribution in [2.24, 2.45) is 9.98 Å². The van der Waals surface area contributed by atoms with Crippen LogP contribution in [-0.2, 0) is 24.0 Å². The van der Waals surface area contributed by atoms with Gasteiger partial charge in [0.15, 0.2) is 11.5 Å². The van der Waals surface area contributed by atoms with Crippen molar-refractivity contribution in [3.63, 3.8) is 0 Å². The Morgan fingerprint density at radius 2 is 1.42 bits per heavy atom. The molecule has 234 valence electrons. The average molecular weight is 605 g/mol. The van der Waals surface area contributed by atoms with Crippen molar-refractivity contribution in [1.29, 1.82) is 0 Å². The topological polar surface area (TPSA) is 64.9 Å². The highest BCUT2D eigenvalue weighted by molar-refractivity contribution is 5.84. The third-order valence-electron chi connectivity index (χ3n) is 7.80. The molecule has 1 heterocycles. The van der Waals surface area contributed by atoms with Crippen molar-refractivity contribution >= 4 is 23.8 Å².